The second-order valence-electron chi connectivity index (χ2n) is 4.91. The van der Waals surface area contributed by atoms with Crippen molar-refractivity contribution < 1.29 is 4.79 Å². The Kier molecular flexibility index (Phi) is 5.22. The fourth-order valence-electron chi connectivity index (χ4n) is 1.74. The van der Waals surface area contributed by atoms with Gasteiger partial charge in [-0.05, 0) is 32.3 Å². The van der Waals surface area contributed by atoms with Crippen LogP contribution in [0.3, 0.4) is 0 Å². The summed E-state index contributed by atoms with van der Waals surface area (Å²) in [7, 11) is 3.99. The maximum Gasteiger partial charge on any atom is 0.255 e. The van der Waals surface area contributed by atoms with Gasteiger partial charge in [-0.2, -0.15) is 5.10 Å². The molecule has 0 aliphatic heterocycles. The molecule has 2 rings (SSSR count). The zero-order valence-electron chi connectivity index (χ0n) is 11.8. The van der Waals surface area contributed by atoms with Gasteiger partial charge in [0.15, 0.2) is 0 Å². The number of carbonyl (C=O) groups excluding carboxylic acids is 1. The Hall–Kier alpha value is -1.56. The Bertz CT molecular complexity index is 619. The van der Waals surface area contributed by atoms with Crippen LogP contribution in [0.2, 0.25) is 10.0 Å². The lowest BCUT2D eigenvalue weighted by Gasteiger charge is -2.08. The first kappa shape index (κ1) is 15.8. The Labute approximate surface area is 133 Å². The van der Waals surface area contributed by atoms with E-state index in [9.17, 15) is 4.79 Å². The highest BCUT2D eigenvalue weighted by Gasteiger charge is 2.09. The molecule has 0 spiro atoms. The highest BCUT2D eigenvalue weighted by Crippen LogP contribution is 2.20. The highest BCUT2D eigenvalue weighted by molar-refractivity contribution is 6.35. The van der Waals surface area contributed by atoms with E-state index in [2.05, 4.69) is 15.3 Å². The Morgan fingerprint density at radius 1 is 1.29 bits per heavy atom. The van der Waals surface area contributed by atoms with Crippen LogP contribution in [0.4, 0.5) is 5.69 Å². The molecule has 0 aliphatic rings. The molecule has 0 atom stereocenters. The smallest absolute Gasteiger partial charge is 0.255 e. The molecule has 0 aliphatic carbocycles. The van der Waals surface area contributed by atoms with Gasteiger partial charge in [0, 0.05) is 28.4 Å². The molecular weight excluding hydrogens is 311 g/mol. The second-order valence-corrected chi connectivity index (χ2v) is 5.78. The van der Waals surface area contributed by atoms with Crippen molar-refractivity contribution in [2.75, 3.05) is 26.0 Å². The van der Waals surface area contributed by atoms with Gasteiger partial charge in [0.2, 0.25) is 0 Å². The first-order valence-corrected chi connectivity index (χ1v) is 7.14. The fraction of sp³-hybridized carbons (Fsp3) is 0.286. The number of amides is 1. The van der Waals surface area contributed by atoms with E-state index < -0.39 is 0 Å². The van der Waals surface area contributed by atoms with Crippen molar-refractivity contribution >= 4 is 34.8 Å². The van der Waals surface area contributed by atoms with Crippen molar-refractivity contribution in [3.63, 3.8) is 0 Å². The molecule has 2 aromatic rings. The number of rotatable bonds is 5. The molecule has 0 saturated heterocycles. The van der Waals surface area contributed by atoms with Crippen LogP contribution in [0.5, 0.6) is 0 Å². The van der Waals surface area contributed by atoms with Gasteiger partial charge in [0.05, 0.1) is 18.4 Å². The van der Waals surface area contributed by atoms with Crippen LogP contribution in [0.25, 0.3) is 0 Å². The van der Waals surface area contributed by atoms with Crippen molar-refractivity contribution in [2.45, 2.75) is 6.54 Å². The fourth-order valence-corrected chi connectivity index (χ4v) is 2.27. The quantitative estimate of drug-likeness (QED) is 0.918. The van der Waals surface area contributed by atoms with Gasteiger partial charge in [-0.15, -0.1) is 0 Å². The third-order valence-corrected chi connectivity index (χ3v) is 3.23. The summed E-state index contributed by atoms with van der Waals surface area (Å²) < 4.78 is 1.78. The molecule has 1 aromatic carbocycles. The number of hydrogen-bond acceptors (Lipinski definition) is 3. The van der Waals surface area contributed by atoms with Crippen LogP contribution in [0, 0.1) is 0 Å². The molecule has 0 radical (unpaired) electrons. The highest BCUT2D eigenvalue weighted by atomic mass is 35.5. The van der Waals surface area contributed by atoms with Gasteiger partial charge in [0.1, 0.15) is 0 Å². The predicted octanol–water partition coefficient (Wildman–Crippen LogP) is 3.00. The first-order chi connectivity index (χ1) is 9.94. The monoisotopic (exact) mass is 326 g/mol. The van der Waals surface area contributed by atoms with E-state index in [4.69, 9.17) is 23.2 Å². The minimum absolute atomic E-state index is 0.272. The summed E-state index contributed by atoms with van der Waals surface area (Å²) in [5, 5.41) is 7.81. The molecule has 21 heavy (non-hydrogen) atoms. The van der Waals surface area contributed by atoms with E-state index in [0.29, 0.717) is 21.3 Å². The van der Waals surface area contributed by atoms with Crippen LogP contribution in [-0.4, -0.2) is 41.2 Å². The number of nitrogens with zero attached hydrogens (tertiary/aromatic N) is 3. The molecule has 1 amide bonds. The molecule has 0 unspecified atom stereocenters. The number of anilines is 1. The van der Waals surface area contributed by atoms with E-state index >= 15 is 0 Å². The average Bonchev–Trinajstić information content (AvgIpc) is 2.83. The van der Waals surface area contributed by atoms with E-state index in [1.165, 1.54) is 0 Å². The number of benzene rings is 1. The predicted molar refractivity (Wildman–Crippen MR) is 85.2 cm³/mol. The number of carbonyl (C=O) groups is 1. The van der Waals surface area contributed by atoms with Gasteiger partial charge < -0.3 is 10.2 Å². The average molecular weight is 327 g/mol. The lowest BCUT2D eigenvalue weighted by Crippen LogP contribution is -2.18. The minimum Gasteiger partial charge on any atom is -0.319 e. The van der Waals surface area contributed by atoms with Crippen molar-refractivity contribution in [2.24, 2.45) is 0 Å². The minimum atomic E-state index is -0.272. The summed E-state index contributed by atoms with van der Waals surface area (Å²) >= 11 is 11.8. The van der Waals surface area contributed by atoms with Crippen LogP contribution in [-0.2, 0) is 6.54 Å². The van der Waals surface area contributed by atoms with E-state index in [1.54, 1.807) is 35.3 Å². The summed E-state index contributed by atoms with van der Waals surface area (Å²) in [6.45, 7) is 1.63. The topological polar surface area (TPSA) is 50.2 Å². The number of halogens is 2. The number of nitrogens with one attached hydrogen (secondary N) is 1. The Balaban J connectivity index is 2.02. The van der Waals surface area contributed by atoms with Gasteiger partial charge in [-0.3, -0.25) is 9.48 Å². The molecule has 0 fully saturated rings. The summed E-state index contributed by atoms with van der Waals surface area (Å²) in [5.41, 5.74) is 1.04. The maximum absolute atomic E-state index is 12.1. The van der Waals surface area contributed by atoms with Crippen LogP contribution >= 0.6 is 23.2 Å². The summed E-state index contributed by atoms with van der Waals surface area (Å²) in [4.78, 5) is 14.2. The lowest BCUT2D eigenvalue weighted by molar-refractivity contribution is 0.102. The SMILES string of the molecule is CN(C)CCn1cc(NC(=O)c2cc(Cl)cc(Cl)c2)cn1. The van der Waals surface area contributed by atoms with Crippen molar-refractivity contribution in [1.82, 2.24) is 14.7 Å². The third kappa shape index (κ3) is 4.74. The van der Waals surface area contributed by atoms with E-state index in [-0.39, 0.29) is 5.91 Å². The summed E-state index contributed by atoms with van der Waals surface area (Å²) in [6.07, 6.45) is 3.40. The molecule has 5 nitrogen and oxygen atoms in total. The van der Waals surface area contributed by atoms with Crippen molar-refractivity contribution in [3.05, 3.63) is 46.2 Å². The zero-order chi connectivity index (χ0) is 15.4. The molecule has 1 heterocycles. The lowest BCUT2D eigenvalue weighted by atomic mass is 10.2. The normalized spacial score (nSPS) is 10.9. The standard InChI is InChI=1S/C14H16Cl2N4O/c1-19(2)3-4-20-9-13(8-17-20)18-14(21)10-5-11(15)7-12(16)6-10/h5-9H,3-4H2,1-2H3,(H,18,21). The number of likely N-dealkylation sites (N-methyl/N-ethyl adjacent to an activating group) is 1. The van der Waals surface area contributed by atoms with Crippen molar-refractivity contribution in [3.8, 4) is 0 Å². The number of aromatic nitrogens is 2. The zero-order valence-corrected chi connectivity index (χ0v) is 13.3. The third-order valence-electron chi connectivity index (χ3n) is 2.79. The second kappa shape index (κ2) is 6.93. The summed E-state index contributed by atoms with van der Waals surface area (Å²) in [6, 6.07) is 4.72. The first-order valence-electron chi connectivity index (χ1n) is 6.38. The molecule has 0 bridgehead atoms. The van der Waals surface area contributed by atoms with E-state index in [1.807, 2.05) is 14.1 Å². The van der Waals surface area contributed by atoms with Crippen LogP contribution < -0.4 is 5.32 Å². The molecule has 1 N–H and O–H groups in total. The van der Waals surface area contributed by atoms with Gasteiger partial charge in [0.25, 0.3) is 5.91 Å². The van der Waals surface area contributed by atoms with Crippen LogP contribution in [0.15, 0.2) is 30.6 Å². The number of hydrogen-bond donors (Lipinski definition) is 1. The summed E-state index contributed by atoms with van der Waals surface area (Å²) in [5.74, 6) is -0.272. The molecular formula is C14H16Cl2N4O. The van der Waals surface area contributed by atoms with Gasteiger partial charge in [-0.1, -0.05) is 23.2 Å². The maximum atomic E-state index is 12.1. The van der Waals surface area contributed by atoms with Gasteiger partial charge in [-0.25, -0.2) is 0 Å². The Morgan fingerprint density at radius 2 is 1.95 bits per heavy atom. The molecule has 112 valence electrons. The Morgan fingerprint density at radius 3 is 2.57 bits per heavy atom. The molecule has 7 heteroatoms. The molecule has 1 aromatic heterocycles. The molecule has 0 saturated carbocycles. The van der Waals surface area contributed by atoms with Crippen LogP contribution in [0.1, 0.15) is 10.4 Å². The largest absolute Gasteiger partial charge is 0.319 e. The van der Waals surface area contributed by atoms with Gasteiger partial charge >= 0.3 is 0 Å². The van der Waals surface area contributed by atoms with Crippen molar-refractivity contribution in [1.29, 1.82) is 0 Å². The van der Waals surface area contributed by atoms with E-state index in [0.717, 1.165) is 13.1 Å².